The molecule has 1 aliphatic rings. The van der Waals surface area contributed by atoms with Gasteiger partial charge in [0, 0.05) is 5.71 Å². The number of carbonyl (C=O) groups excluding carboxylic acids is 1. The number of para-hydroxylation sites is 2. The number of ether oxygens (including phenoxy) is 2. The second-order valence-corrected chi connectivity index (χ2v) is 6.83. The largest absolute Gasteiger partial charge is 0.490 e. The molecular formula is C22H26N2O3. The van der Waals surface area contributed by atoms with E-state index in [-0.39, 0.29) is 5.91 Å². The maximum absolute atomic E-state index is 12.5. The van der Waals surface area contributed by atoms with E-state index in [9.17, 15) is 4.79 Å². The fourth-order valence-electron chi connectivity index (χ4n) is 3.16. The Kier molecular flexibility index (Phi) is 6.85. The molecule has 1 saturated carbocycles. The number of rotatable bonds is 7. The number of nitrogens with one attached hydrogen (secondary N) is 1. The number of hydrogen-bond donors (Lipinski definition) is 1. The predicted octanol–water partition coefficient (Wildman–Crippen LogP) is 4.44. The van der Waals surface area contributed by atoms with Gasteiger partial charge in [-0.05, 0) is 55.9 Å². The first-order chi connectivity index (χ1) is 13.2. The van der Waals surface area contributed by atoms with Crippen molar-refractivity contribution in [1.29, 1.82) is 0 Å². The van der Waals surface area contributed by atoms with Crippen molar-refractivity contribution in [1.82, 2.24) is 5.43 Å². The molecular weight excluding hydrogens is 340 g/mol. The van der Waals surface area contributed by atoms with Crippen LogP contribution in [0.2, 0.25) is 0 Å². The van der Waals surface area contributed by atoms with E-state index in [1.807, 2.05) is 42.5 Å². The molecule has 5 nitrogen and oxygen atoms in total. The SMILES string of the molecule is CC1CCCC(=NNC(=O)c2ccccc2OCCOc2ccccc2)C1. The molecule has 27 heavy (non-hydrogen) atoms. The average molecular weight is 366 g/mol. The molecule has 0 heterocycles. The van der Waals surface area contributed by atoms with Crippen LogP contribution in [0, 0.1) is 5.92 Å². The van der Waals surface area contributed by atoms with Crippen LogP contribution in [0.4, 0.5) is 0 Å². The van der Waals surface area contributed by atoms with Gasteiger partial charge in [-0.25, -0.2) is 5.43 Å². The Morgan fingerprint density at radius 3 is 2.63 bits per heavy atom. The second kappa shape index (κ2) is 9.76. The first kappa shape index (κ1) is 19.0. The lowest BCUT2D eigenvalue weighted by atomic mass is 9.89. The molecule has 1 amide bonds. The third kappa shape index (κ3) is 5.84. The first-order valence-corrected chi connectivity index (χ1v) is 9.48. The summed E-state index contributed by atoms with van der Waals surface area (Å²) in [6.45, 7) is 2.97. The Bertz CT molecular complexity index is 774. The van der Waals surface area contributed by atoms with Crippen LogP contribution in [0.3, 0.4) is 0 Å². The number of amides is 1. The minimum atomic E-state index is -0.250. The number of hydrogen-bond acceptors (Lipinski definition) is 4. The molecule has 0 spiro atoms. The van der Waals surface area contributed by atoms with E-state index in [2.05, 4.69) is 17.5 Å². The molecule has 1 unspecified atom stereocenters. The first-order valence-electron chi connectivity index (χ1n) is 9.48. The van der Waals surface area contributed by atoms with Gasteiger partial charge >= 0.3 is 0 Å². The third-order valence-electron chi connectivity index (χ3n) is 4.55. The van der Waals surface area contributed by atoms with Gasteiger partial charge in [-0.1, -0.05) is 37.3 Å². The molecule has 2 aromatic carbocycles. The van der Waals surface area contributed by atoms with Crippen molar-refractivity contribution in [2.45, 2.75) is 32.6 Å². The van der Waals surface area contributed by atoms with Crippen LogP contribution < -0.4 is 14.9 Å². The zero-order chi connectivity index (χ0) is 18.9. The van der Waals surface area contributed by atoms with Gasteiger partial charge in [0.05, 0.1) is 5.56 Å². The standard InChI is InChI=1S/C22H26N2O3/c1-17-8-7-9-18(16-17)23-24-22(25)20-12-5-6-13-21(20)27-15-14-26-19-10-3-2-4-11-19/h2-6,10-13,17H,7-9,14-16H2,1H3,(H,24,25). The van der Waals surface area contributed by atoms with E-state index >= 15 is 0 Å². The van der Waals surface area contributed by atoms with E-state index in [1.54, 1.807) is 12.1 Å². The number of carbonyl (C=O) groups is 1. The molecule has 1 fully saturated rings. The van der Waals surface area contributed by atoms with Crippen molar-refractivity contribution < 1.29 is 14.3 Å². The maximum atomic E-state index is 12.5. The Morgan fingerprint density at radius 1 is 1.07 bits per heavy atom. The fourth-order valence-corrected chi connectivity index (χ4v) is 3.16. The lowest BCUT2D eigenvalue weighted by Gasteiger charge is -2.19. The lowest BCUT2D eigenvalue weighted by Crippen LogP contribution is -2.23. The molecule has 1 atom stereocenters. The highest BCUT2D eigenvalue weighted by atomic mass is 16.5. The Morgan fingerprint density at radius 2 is 1.81 bits per heavy atom. The van der Waals surface area contributed by atoms with Crippen LogP contribution in [0.15, 0.2) is 59.7 Å². The zero-order valence-corrected chi connectivity index (χ0v) is 15.7. The van der Waals surface area contributed by atoms with Crippen LogP contribution in [0.5, 0.6) is 11.5 Å². The van der Waals surface area contributed by atoms with E-state index in [1.165, 1.54) is 6.42 Å². The van der Waals surface area contributed by atoms with Gasteiger partial charge in [-0.2, -0.15) is 5.10 Å². The van der Waals surface area contributed by atoms with E-state index in [4.69, 9.17) is 9.47 Å². The predicted molar refractivity (Wildman–Crippen MR) is 106 cm³/mol. The van der Waals surface area contributed by atoms with Crippen LogP contribution in [-0.2, 0) is 0 Å². The number of benzene rings is 2. The van der Waals surface area contributed by atoms with Crippen molar-refractivity contribution in [3.05, 3.63) is 60.2 Å². The molecule has 0 aliphatic heterocycles. The topological polar surface area (TPSA) is 59.9 Å². The van der Waals surface area contributed by atoms with Crippen molar-refractivity contribution in [3.63, 3.8) is 0 Å². The molecule has 0 radical (unpaired) electrons. The summed E-state index contributed by atoms with van der Waals surface area (Å²) in [6.07, 6.45) is 4.28. The summed E-state index contributed by atoms with van der Waals surface area (Å²) in [5.41, 5.74) is 4.23. The molecule has 1 aliphatic carbocycles. The van der Waals surface area contributed by atoms with Crippen molar-refractivity contribution in [2.24, 2.45) is 11.0 Å². The number of nitrogens with zero attached hydrogens (tertiary/aromatic N) is 1. The normalized spacial score (nSPS) is 18.1. The summed E-state index contributed by atoms with van der Waals surface area (Å²) in [6, 6.07) is 16.8. The van der Waals surface area contributed by atoms with Gasteiger partial charge in [0.2, 0.25) is 0 Å². The molecule has 0 saturated heterocycles. The summed E-state index contributed by atoms with van der Waals surface area (Å²) >= 11 is 0. The highest BCUT2D eigenvalue weighted by Gasteiger charge is 2.16. The van der Waals surface area contributed by atoms with Crippen LogP contribution in [0.25, 0.3) is 0 Å². The maximum Gasteiger partial charge on any atom is 0.275 e. The van der Waals surface area contributed by atoms with Gasteiger partial charge in [0.1, 0.15) is 24.7 Å². The van der Waals surface area contributed by atoms with Gasteiger partial charge in [0.25, 0.3) is 5.91 Å². The zero-order valence-electron chi connectivity index (χ0n) is 15.7. The average Bonchev–Trinajstić information content (AvgIpc) is 2.70. The Balaban J connectivity index is 1.53. The minimum Gasteiger partial charge on any atom is -0.490 e. The van der Waals surface area contributed by atoms with Gasteiger partial charge in [0.15, 0.2) is 0 Å². The third-order valence-corrected chi connectivity index (χ3v) is 4.55. The van der Waals surface area contributed by atoms with E-state index in [0.717, 1.165) is 30.7 Å². The molecule has 0 bridgehead atoms. The fraction of sp³-hybridized carbons (Fsp3) is 0.364. The lowest BCUT2D eigenvalue weighted by molar-refractivity contribution is 0.0949. The Hall–Kier alpha value is -2.82. The van der Waals surface area contributed by atoms with Crippen molar-refractivity contribution in [2.75, 3.05) is 13.2 Å². The molecule has 3 rings (SSSR count). The van der Waals surface area contributed by atoms with Gasteiger partial charge in [-0.3, -0.25) is 4.79 Å². The summed E-state index contributed by atoms with van der Waals surface area (Å²) in [5.74, 6) is 1.71. The quantitative estimate of drug-likeness (QED) is 0.582. The molecule has 0 aromatic heterocycles. The van der Waals surface area contributed by atoms with Crippen LogP contribution >= 0.6 is 0 Å². The Labute approximate surface area is 160 Å². The van der Waals surface area contributed by atoms with Crippen molar-refractivity contribution in [3.8, 4) is 11.5 Å². The highest BCUT2D eigenvalue weighted by Crippen LogP contribution is 2.21. The monoisotopic (exact) mass is 366 g/mol. The van der Waals surface area contributed by atoms with E-state index in [0.29, 0.717) is 30.4 Å². The molecule has 1 N–H and O–H groups in total. The number of hydrazone groups is 1. The van der Waals surface area contributed by atoms with E-state index < -0.39 is 0 Å². The second-order valence-electron chi connectivity index (χ2n) is 6.83. The van der Waals surface area contributed by atoms with Crippen molar-refractivity contribution >= 4 is 11.6 Å². The van der Waals surface area contributed by atoms with Crippen LogP contribution in [-0.4, -0.2) is 24.8 Å². The summed E-state index contributed by atoms with van der Waals surface area (Å²) in [5, 5.41) is 4.32. The summed E-state index contributed by atoms with van der Waals surface area (Å²) in [4.78, 5) is 12.5. The summed E-state index contributed by atoms with van der Waals surface area (Å²) < 4.78 is 11.4. The van der Waals surface area contributed by atoms with Gasteiger partial charge < -0.3 is 9.47 Å². The highest BCUT2D eigenvalue weighted by molar-refractivity contribution is 5.97. The minimum absolute atomic E-state index is 0.250. The molecule has 5 heteroatoms. The summed E-state index contributed by atoms with van der Waals surface area (Å²) in [7, 11) is 0. The van der Waals surface area contributed by atoms with Crippen LogP contribution in [0.1, 0.15) is 43.0 Å². The smallest absolute Gasteiger partial charge is 0.275 e. The molecule has 142 valence electrons. The molecule has 2 aromatic rings. The van der Waals surface area contributed by atoms with Gasteiger partial charge in [-0.15, -0.1) is 0 Å².